The number of methoxy groups -OCH3 is 1. The van der Waals surface area contributed by atoms with E-state index in [1.165, 1.54) is 32.1 Å². The molecule has 112 valence electrons. The molecule has 5 nitrogen and oxygen atoms in total. The second-order valence-corrected chi connectivity index (χ2v) is 6.90. The standard InChI is InChI=1S/C14H22N2O3S/c1-19-13-10-11(15)8-9-14(13)20(17,18)16-12-6-4-2-3-5-7-12/h8-10,12,16H,2-7,15H2,1H3. The van der Waals surface area contributed by atoms with Crippen molar-refractivity contribution in [3.05, 3.63) is 18.2 Å². The van der Waals surface area contributed by atoms with Crippen molar-refractivity contribution in [3.63, 3.8) is 0 Å². The summed E-state index contributed by atoms with van der Waals surface area (Å²) in [5.74, 6) is 0.283. The fraction of sp³-hybridized carbons (Fsp3) is 0.571. The Kier molecular flexibility index (Phi) is 4.88. The molecule has 0 radical (unpaired) electrons. The van der Waals surface area contributed by atoms with Crippen LogP contribution < -0.4 is 15.2 Å². The first-order valence-electron chi connectivity index (χ1n) is 6.99. The Balaban J connectivity index is 2.21. The van der Waals surface area contributed by atoms with E-state index >= 15 is 0 Å². The molecule has 2 rings (SSSR count). The third-order valence-electron chi connectivity index (χ3n) is 3.65. The monoisotopic (exact) mass is 298 g/mol. The second kappa shape index (κ2) is 6.45. The summed E-state index contributed by atoms with van der Waals surface area (Å²) in [7, 11) is -2.12. The van der Waals surface area contributed by atoms with E-state index in [0.29, 0.717) is 5.69 Å². The van der Waals surface area contributed by atoms with Crippen molar-refractivity contribution in [2.75, 3.05) is 12.8 Å². The maximum absolute atomic E-state index is 12.5. The Morgan fingerprint density at radius 1 is 1.20 bits per heavy atom. The highest BCUT2D eigenvalue weighted by molar-refractivity contribution is 7.89. The van der Waals surface area contributed by atoms with Gasteiger partial charge in [0.15, 0.2) is 0 Å². The molecule has 0 aliphatic heterocycles. The molecule has 1 aromatic carbocycles. The molecule has 3 N–H and O–H groups in total. The normalized spacial score (nSPS) is 17.6. The van der Waals surface area contributed by atoms with Gasteiger partial charge in [-0.05, 0) is 25.0 Å². The zero-order valence-electron chi connectivity index (χ0n) is 11.8. The lowest BCUT2D eigenvalue weighted by molar-refractivity contribution is 0.402. The number of hydrogen-bond donors (Lipinski definition) is 2. The Bertz CT molecular complexity index is 550. The zero-order valence-corrected chi connectivity index (χ0v) is 12.6. The molecule has 1 fully saturated rings. The molecule has 0 bridgehead atoms. The van der Waals surface area contributed by atoms with Crippen LogP contribution >= 0.6 is 0 Å². The molecule has 0 spiro atoms. The van der Waals surface area contributed by atoms with Crippen LogP contribution in [-0.4, -0.2) is 21.6 Å². The van der Waals surface area contributed by atoms with Crippen molar-refractivity contribution in [3.8, 4) is 5.75 Å². The van der Waals surface area contributed by atoms with Gasteiger partial charge in [-0.25, -0.2) is 13.1 Å². The van der Waals surface area contributed by atoms with E-state index in [1.807, 2.05) is 0 Å². The second-order valence-electron chi connectivity index (χ2n) is 5.22. The largest absolute Gasteiger partial charge is 0.495 e. The number of ether oxygens (including phenoxy) is 1. The van der Waals surface area contributed by atoms with E-state index in [0.717, 1.165) is 25.7 Å². The van der Waals surface area contributed by atoms with Gasteiger partial charge in [-0.15, -0.1) is 0 Å². The first-order chi connectivity index (χ1) is 9.53. The summed E-state index contributed by atoms with van der Waals surface area (Å²) < 4.78 is 32.9. The van der Waals surface area contributed by atoms with Gasteiger partial charge in [-0.1, -0.05) is 25.7 Å². The SMILES string of the molecule is COc1cc(N)ccc1S(=O)(=O)NC1CCCCCC1. The van der Waals surface area contributed by atoms with Gasteiger partial charge >= 0.3 is 0 Å². The minimum Gasteiger partial charge on any atom is -0.495 e. The van der Waals surface area contributed by atoms with Crippen LogP contribution in [0.1, 0.15) is 38.5 Å². The van der Waals surface area contributed by atoms with Gasteiger partial charge in [0.1, 0.15) is 10.6 Å². The molecule has 1 saturated carbocycles. The maximum Gasteiger partial charge on any atom is 0.244 e. The van der Waals surface area contributed by atoms with Gasteiger partial charge in [0.2, 0.25) is 10.0 Å². The number of anilines is 1. The van der Waals surface area contributed by atoms with Crippen molar-refractivity contribution >= 4 is 15.7 Å². The summed E-state index contributed by atoms with van der Waals surface area (Å²) in [4.78, 5) is 0.151. The molecule has 1 aromatic rings. The highest BCUT2D eigenvalue weighted by Crippen LogP contribution is 2.27. The van der Waals surface area contributed by atoms with Crippen LogP contribution in [-0.2, 0) is 10.0 Å². The van der Waals surface area contributed by atoms with Crippen molar-refractivity contribution < 1.29 is 13.2 Å². The molecular weight excluding hydrogens is 276 g/mol. The smallest absolute Gasteiger partial charge is 0.244 e. The molecule has 1 aliphatic carbocycles. The summed E-state index contributed by atoms with van der Waals surface area (Å²) in [5.41, 5.74) is 6.14. The van der Waals surface area contributed by atoms with Gasteiger partial charge in [-0.3, -0.25) is 0 Å². The van der Waals surface area contributed by atoms with E-state index in [2.05, 4.69) is 4.72 Å². The number of nitrogens with one attached hydrogen (secondary N) is 1. The van der Waals surface area contributed by atoms with Crippen molar-refractivity contribution in [1.29, 1.82) is 0 Å². The van der Waals surface area contributed by atoms with E-state index in [1.54, 1.807) is 6.07 Å². The highest BCUT2D eigenvalue weighted by Gasteiger charge is 2.24. The van der Waals surface area contributed by atoms with Crippen LogP contribution in [0.15, 0.2) is 23.1 Å². The van der Waals surface area contributed by atoms with Gasteiger partial charge in [0, 0.05) is 17.8 Å². The van der Waals surface area contributed by atoms with Crippen molar-refractivity contribution in [2.24, 2.45) is 0 Å². The van der Waals surface area contributed by atoms with Crippen LogP contribution in [0.4, 0.5) is 5.69 Å². The molecular formula is C14H22N2O3S. The Hall–Kier alpha value is -1.27. The summed E-state index contributed by atoms with van der Waals surface area (Å²) in [6, 6.07) is 4.61. The third kappa shape index (κ3) is 3.64. The first-order valence-corrected chi connectivity index (χ1v) is 8.47. The summed E-state index contributed by atoms with van der Waals surface area (Å²) >= 11 is 0. The van der Waals surface area contributed by atoms with Crippen LogP contribution in [0, 0.1) is 0 Å². The summed E-state index contributed by atoms with van der Waals surface area (Å²) in [5, 5.41) is 0. The van der Waals surface area contributed by atoms with Crippen LogP contribution in [0.25, 0.3) is 0 Å². The quantitative estimate of drug-likeness (QED) is 0.660. The lowest BCUT2D eigenvalue weighted by Gasteiger charge is -2.17. The third-order valence-corrected chi connectivity index (χ3v) is 5.21. The van der Waals surface area contributed by atoms with E-state index in [-0.39, 0.29) is 16.7 Å². The number of sulfonamides is 1. The maximum atomic E-state index is 12.5. The predicted octanol–water partition coefficient (Wildman–Crippen LogP) is 2.28. The van der Waals surface area contributed by atoms with Crippen molar-refractivity contribution in [2.45, 2.75) is 49.5 Å². The van der Waals surface area contributed by atoms with E-state index < -0.39 is 10.0 Å². The minimum atomic E-state index is -3.57. The summed E-state index contributed by atoms with van der Waals surface area (Å²) in [6.45, 7) is 0. The van der Waals surface area contributed by atoms with Crippen LogP contribution in [0.2, 0.25) is 0 Å². The Labute approximate surface area is 120 Å². The molecule has 0 atom stereocenters. The average Bonchev–Trinajstić information content (AvgIpc) is 2.66. The molecule has 0 amide bonds. The zero-order chi connectivity index (χ0) is 14.6. The predicted molar refractivity (Wildman–Crippen MR) is 79.2 cm³/mol. The number of nitrogen functional groups attached to an aromatic ring is 1. The minimum absolute atomic E-state index is 0.0183. The Morgan fingerprint density at radius 2 is 1.85 bits per heavy atom. The van der Waals surface area contributed by atoms with Gasteiger partial charge < -0.3 is 10.5 Å². The molecule has 0 saturated heterocycles. The highest BCUT2D eigenvalue weighted by atomic mass is 32.2. The number of nitrogens with two attached hydrogens (primary N) is 1. The van der Waals surface area contributed by atoms with Crippen LogP contribution in [0.5, 0.6) is 5.75 Å². The number of benzene rings is 1. The molecule has 0 heterocycles. The lowest BCUT2D eigenvalue weighted by atomic mass is 10.1. The molecule has 1 aliphatic rings. The first kappa shape index (κ1) is 15.1. The van der Waals surface area contributed by atoms with Gasteiger partial charge in [0.25, 0.3) is 0 Å². The van der Waals surface area contributed by atoms with E-state index in [9.17, 15) is 8.42 Å². The lowest BCUT2D eigenvalue weighted by Crippen LogP contribution is -2.34. The van der Waals surface area contributed by atoms with Gasteiger partial charge in [-0.2, -0.15) is 0 Å². The number of hydrogen-bond acceptors (Lipinski definition) is 4. The fourth-order valence-corrected chi connectivity index (χ4v) is 4.04. The molecule has 0 unspecified atom stereocenters. The van der Waals surface area contributed by atoms with E-state index in [4.69, 9.17) is 10.5 Å². The average molecular weight is 298 g/mol. The Morgan fingerprint density at radius 3 is 2.45 bits per heavy atom. The van der Waals surface area contributed by atoms with Crippen molar-refractivity contribution in [1.82, 2.24) is 4.72 Å². The van der Waals surface area contributed by atoms with Gasteiger partial charge in [0.05, 0.1) is 7.11 Å². The summed E-state index contributed by atoms with van der Waals surface area (Å²) in [6.07, 6.45) is 6.32. The molecule has 6 heteroatoms. The molecule has 0 aromatic heterocycles. The van der Waals surface area contributed by atoms with Crippen LogP contribution in [0.3, 0.4) is 0 Å². The fourth-order valence-electron chi connectivity index (χ4n) is 2.59. The number of rotatable bonds is 4. The molecule has 20 heavy (non-hydrogen) atoms. The topological polar surface area (TPSA) is 81.4 Å².